The molecule has 0 fully saturated rings. The monoisotopic (exact) mass is 453 g/mol. The minimum absolute atomic E-state index is 0.0149. The van der Waals surface area contributed by atoms with E-state index in [0.717, 1.165) is 5.56 Å². The maximum Gasteiger partial charge on any atom is 0.265 e. The van der Waals surface area contributed by atoms with Crippen molar-refractivity contribution in [1.82, 2.24) is 15.2 Å². The maximum atomic E-state index is 12.8. The van der Waals surface area contributed by atoms with Crippen molar-refractivity contribution in [2.75, 3.05) is 25.5 Å². The molecule has 11 heteroatoms. The number of hydrogen-bond donors (Lipinski definition) is 4. The zero-order valence-corrected chi connectivity index (χ0v) is 18.2. The van der Waals surface area contributed by atoms with Gasteiger partial charge in [-0.3, -0.25) is 10.2 Å². The van der Waals surface area contributed by atoms with Gasteiger partial charge < -0.3 is 5.32 Å². The molecule has 8 nitrogen and oxygen atoms in total. The van der Waals surface area contributed by atoms with Crippen molar-refractivity contribution in [2.24, 2.45) is 4.99 Å². The molecule has 3 N–H and O–H groups in total. The molecule has 0 bridgehead atoms. The molecule has 154 valence electrons. The molecular formula is C18H20ClN5O3S2. The van der Waals surface area contributed by atoms with Crippen molar-refractivity contribution in [3.05, 3.63) is 52.5 Å². The third kappa shape index (κ3) is 5.21. The van der Waals surface area contributed by atoms with E-state index in [1.54, 1.807) is 24.2 Å². The number of nitrogens with zero attached hydrogens (tertiary/aromatic N) is 2. The van der Waals surface area contributed by atoms with Gasteiger partial charge in [-0.05, 0) is 31.2 Å². The van der Waals surface area contributed by atoms with Crippen LogP contribution >= 0.6 is 24.2 Å². The van der Waals surface area contributed by atoms with E-state index in [1.165, 1.54) is 12.1 Å². The highest BCUT2D eigenvalue weighted by Crippen LogP contribution is 2.28. The number of aryl methyl sites for hydroxylation is 1. The predicted octanol–water partition coefficient (Wildman–Crippen LogP) is 2.27. The van der Waals surface area contributed by atoms with E-state index in [4.69, 9.17) is 11.6 Å². The summed E-state index contributed by atoms with van der Waals surface area (Å²) in [4.78, 5) is 16.7. The third-order valence-corrected chi connectivity index (χ3v) is 6.34. The lowest BCUT2D eigenvalue weighted by Crippen LogP contribution is -2.52. The number of amides is 1. The number of thiol groups is 1. The number of rotatable bonds is 4. The van der Waals surface area contributed by atoms with Crippen LogP contribution in [0.25, 0.3) is 0 Å². The lowest BCUT2D eigenvalue weighted by atomic mass is 10.2. The molecule has 0 atom stereocenters. The zero-order valence-electron chi connectivity index (χ0n) is 15.7. The van der Waals surface area contributed by atoms with Crippen molar-refractivity contribution in [3.63, 3.8) is 0 Å². The second-order valence-electron chi connectivity index (χ2n) is 6.49. The number of guanidine groups is 1. The van der Waals surface area contributed by atoms with Crippen LogP contribution in [-0.4, -0.2) is 45.4 Å². The summed E-state index contributed by atoms with van der Waals surface area (Å²) in [5.74, 6) is -0.441. The van der Waals surface area contributed by atoms with Gasteiger partial charge in [0.25, 0.3) is 15.9 Å². The molecule has 0 aliphatic carbocycles. The van der Waals surface area contributed by atoms with E-state index < -0.39 is 15.9 Å². The van der Waals surface area contributed by atoms with Gasteiger partial charge in [0.05, 0.1) is 17.1 Å². The molecular weight excluding hydrogens is 434 g/mol. The lowest BCUT2D eigenvalue weighted by molar-refractivity contribution is 0.102. The Morgan fingerprint density at radius 1 is 1.28 bits per heavy atom. The van der Waals surface area contributed by atoms with Crippen LogP contribution in [0.3, 0.4) is 0 Å². The highest BCUT2D eigenvalue weighted by Gasteiger charge is 2.24. The summed E-state index contributed by atoms with van der Waals surface area (Å²) < 4.78 is 28.0. The van der Waals surface area contributed by atoms with Crippen LogP contribution in [0.1, 0.15) is 15.9 Å². The van der Waals surface area contributed by atoms with Gasteiger partial charge in [0, 0.05) is 24.2 Å². The molecule has 1 aliphatic heterocycles. The molecule has 3 rings (SSSR count). The number of carbonyl (C=O) groups excluding carboxylic acids is 1. The number of nitrogens with one attached hydrogen (secondary N) is 3. The average Bonchev–Trinajstić information content (AvgIpc) is 2.63. The summed E-state index contributed by atoms with van der Waals surface area (Å²) in [5.41, 5.74) is 4.44. The van der Waals surface area contributed by atoms with Crippen molar-refractivity contribution >= 4 is 51.8 Å². The Morgan fingerprint density at radius 2 is 1.97 bits per heavy atom. The Kier molecular flexibility index (Phi) is 6.37. The van der Waals surface area contributed by atoms with Gasteiger partial charge in [-0.1, -0.05) is 29.3 Å². The van der Waals surface area contributed by atoms with Crippen molar-refractivity contribution in [3.8, 4) is 0 Å². The third-order valence-electron chi connectivity index (χ3n) is 4.13. The van der Waals surface area contributed by atoms with E-state index in [0.29, 0.717) is 18.8 Å². The van der Waals surface area contributed by atoms with Crippen molar-refractivity contribution < 1.29 is 13.2 Å². The first-order chi connectivity index (χ1) is 13.7. The molecule has 1 heterocycles. The SMILES string of the molecule is Cc1ccc(NC(=O)c2cc(S(=O)(=O)NC3=NCCN(C)N3)c(S)cc2Cl)cc1. The molecule has 0 spiro atoms. The van der Waals surface area contributed by atoms with Crippen LogP contribution < -0.4 is 15.5 Å². The number of carbonyl (C=O) groups is 1. The Bertz CT molecular complexity index is 1070. The number of likely N-dealkylation sites (N-methyl/N-ethyl adjacent to an activating group) is 1. The highest BCUT2D eigenvalue weighted by molar-refractivity contribution is 7.91. The number of benzene rings is 2. The first-order valence-electron chi connectivity index (χ1n) is 8.61. The zero-order chi connectivity index (χ0) is 21.2. The molecule has 29 heavy (non-hydrogen) atoms. The summed E-state index contributed by atoms with van der Waals surface area (Å²) >= 11 is 10.4. The molecule has 2 aromatic carbocycles. The molecule has 0 radical (unpaired) electrons. The molecule has 0 saturated carbocycles. The molecule has 1 aliphatic rings. The summed E-state index contributed by atoms with van der Waals surface area (Å²) in [5, 5.41) is 4.50. The number of halogens is 1. The van der Waals surface area contributed by atoms with Gasteiger partial charge in [-0.15, -0.1) is 12.6 Å². The number of anilines is 1. The number of sulfonamides is 1. The van der Waals surface area contributed by atoms with Gasteiger partial charge in [-0.2, -0.15) is 0 Å². The van der Waals surface area contributed by atoms with Crippen molar-refractivity contribution in [2.45, 2.75) is 16.7 Å². The predicted molar refractivity (Wildman–Crippen MR) is 116 cm³/mol. The molecule has 1 amide bonds. The Balaban J connectivity index is 1.89. The number of aliphatic imine (C=N–C) groups is 1. The van der Waals surface area contributed by atoms with Crippen LogP contribution in [0.4, 0.5) is 5.69 Å². The molecule has 0 saturated heterocycles. The number of hydrogen-bond acceptors (Lipinski definition) is 7. The second-order valence-corrected chi connectivity index (χ2v) is 9.03. The largest absolute Gasteiger partial charge is 0.322 e. The minimum atomic E-state index is -4.05. The minimum Gasteiger partial charge on any atom is -0.322 e. The molecule has 0 unspecified atom stereocenters. The fourth-order valence-electron chi connectivity index (χ4n) is 2.59. The van der Waals surface area contributed by atoms with E-state index >= 15 is 0 Å². The van der Waals surface area contributed by atoms with E-state index in [9.17, 15) is 13.2 Å². The normalized spacial score (nSPS) is 14.7. The highest BCUT2D eigenvalue weighted by atomic mass is 35.5. The second kappa shape index (κ2) is 8.62. The molecule has 2 aromatic rings. The van der Waals surface area contributed by atoms with Crippen LogP contribution in [0.5, 0.6) is 0 Å². The van der Waals surface area contributed by atoms with Crippen LogP contribution in [0.15, 0.2) is 51.2 Å². The fraction of sp³-hybridized carbons (Fsp3) is 0.222. The van der Waals surface area contributed by atoms with E-state index in [2.05, 4.69) is 33.1 Å². The van der Waals surface area contributed by atoms with Gasteiger partial charge in [0.1, 0.15) is 4.90 Å². The van der Waals surface area contributed by atoms with Crippen LogP contribution in [0.2, 0.25) is 5.02 Å². The van der Waals surface area contributed by atoms with Crippen molar-refractivity contribution in [1.29, 1.82) is 0 Å². The van der Waals surface area contributed by atoms with Crippen LogP contribution in [-0.2, 0) is 10.0 Å². The quantitative estimate of drug-likeness (QED) is 0.532. The van der Waals surface area contributed by atoms with E-state index in [-0.39, 0.29) is 26.3 Å². The fourth-order valence-corrected chi connectivity index (χ4v) is 4.55. The summed E-state index contributed by atoms with van der Waals surface area (Å²) in [6.45, 7) is 3.02. The lowest BCUT2D eigenvalue weighted by Gasteiger charge is -2.24. The van der Waals surface area contributed by atoms with Crippen LogP contribution in [0, 0.1) is 6.92 Å². The molecule has 0 aromatic heterocycles. The Labute approximate surface area is 179 Å². The maximum absolute atomic E-state index is 12.8. The van der Waals surface area contributed by atoms with E-state index in [1.807, 2.05) is 19.1 Å². The van der Waals surface area contributed by atoms with Gasteiger partial charge in [0.2, 0.25) is 5.96 Å². The smallest absolute Gasteiger partial charge is 0.265 e. The van der Waals surface area contributed by atoms with Gasteiger partial charge >= 0.3 is 0 Å². The summed E-state index contributed by atoms with van der Waals surface area (Å²) in [7, 11) is -2.28. The van der Waals surface area contributed by atoms with Gasteiger partial charge in [0.15, 0.2) is 0 Å². The van der Waals surface area contributed by atoms with Gasteiger partial charge in [-0.25, -0.2) is 23.1 Å². The first-order valence-corrected chi connectivity index (χ1v) is 10.9. The first kappa shape index (κ1) is 21.4. The summed E-state index contributed by atoms with van der Waals surface area (Å²) in [6, 6.07) is 9.72. The summed E-state index contributed by atoms with van der Waals surface area (Å²) in [6.07, 6.45) is 0. The topological polar surface area (TPSA) is 103 Å². The average molecular weight is 454 g/mol. The Hall–Kier alpha value is -2.27. The standard InChI is InChI=1S/C18H20ClN5O3S2/c1-11-3-5-12(6-4-11)21-17(25)13-9-16(15(28)10-14(13)19)29(26,27)23-18-20-7-8-24(2)22-18/h3-6,9-10,28H,7-8H2,1-2H3,(H,21,25)(H2,20,22,23). The number of hydrazine groups is 1. The Morgan fingerprint density at radius 3 is 2.62 bits per heavy atom.